The summed E-state index contributed by atoms with van der Waals surface area (Å²) >= 11 is 0. The summed E-state index contributed by atoms with van der Waals surface area (Å²) in [6.45, 7) is 11.0. The summed E-state index contributed by atoms with van der Waals surface area (Å²) in [7, 11) is 0. The molecule has 0 aromatic rings. The lowest BCUT2D eigenvalue weighted by Crippen LogP contribution is -2.54. The topological polar surface area (TPSA) is 126 Å². The molecule has 0 bridgehead atoms. The van der Waals surface area contributed by atoms with Crippen LogP contribution in [-0.4, -0.2) is 119 Å². The fourth-order valence-corrected chi connectivity index (χ4v) is 13.1. The molecule has 11 heteroatoms. The van der Waals surface area contributed by atoms with E-state index in [9.17, 15) is 24.3 Å². The van der Waals surface area contributed by atoms with E-state index in [0.29, 0.717) is 24.8 Å². The van der Waals surface area contributed by atoms with Gasteiger partial charge in [0.15, 0.2) is 0 Å². The van der Waals surface area contributed by atoms with Crippen molar-refractivity contribution in [3.63, 3.8) is 0 Å². The van der Waals surface area contributed by atoms with Crippen molar-refractivity contribution >= 4 is 23.6 Å². The van der Waals surface area contributed by atoms with Crippen LogP contribution < -0.4 is 10.7 Å². The maximum atomic E-state index is 13.5. The lowest BCUT2D eigenvalue weighted by molar-refractivity contribution is -0.151. The molecule has 0 radical (unpaired) electrons. The Morgan fingerprint density at radius 3 is 2.11 bits per heavy atom. The van der Waals surface area contributed by atoms with Gasteiger partial charge in [-0.1, -0.05) is 37.3 Å². The second-order valence-electron chi connectivity index (χ2n) is 19.3. The molecule has 0 aromatic heterocycles. The Labute approximate surface area is 336 Å². The van der Waals surface area contributed by atoms with Gasteiger partial charge in [-0.25, -0.2) is 5.01 Å². The fourth-order valence-electron chi connectivity index (χ4n) is 13.1. The number of hydrogen-bond acceptors (Lipinski definition) is 9. The monoisotopic (exact) mass is 777 g/mol. The highest BCUT2D eigenvalue weighted by atomic mass is 16.3. The van der Waals surface area contributed by atoms with Crippen molar-refractivity contribution in [3.05, 3.63) is 11.1 Å². The van der Waals surface area contributed by atoms with Crippen LogP contribution in [0.2, 0.25) is 0 Å². The van der Waals surface area contributed by atoms with Crippen LogP contribution in [0.25, 0.3) is 0 Å². The van der Waals surface area contributed by atoms with Gasteiger partial charge in [0.25, 0.3) is 0 Å². The third-order valence-corrected chi connectivity index (χ3v) is 16.2. The number of fused-ring (bicyclic) bond motifs is 1. The van der Waals surface area contributed by atoms with Gasteiger partial charge < -0.3 is 10.0 Å². The molecule has 4 heterocycles. The Kier molecular flexibility index (Phi) is 13.3. The first-order valence-electron chi connectivity index (χ1n) is 23.3. The van der Waals surface area contributed by atoms with E-state index in [4.69, 9.17) is 0 Å². The molecule has 56 heavy (non-hydrogen) atoms. The maximum Gasteiger partial charge on any atom is 0.249 e. The van der Waals surface area contributed by atoms with E-state index in [1.54, 1.807) is 0 Å². The number of nitrogens with zero attached hydrogens (tertiary/aromatic N) is 4. The lowest BCUT2D eigenvalue weighted by Gasteiger charge is -2.42. The Morgan fingerprint density at radius 1 is 0.714 bits per heavy atom. The summed E-state index contributed by atoms with van der Waals surface area (Å²) in [6.07, 6.45) is 21.9. The van der Waals surface area contributed by atoms with Crippen LogP contribution in [0.15, 0.2) is 11.1 Å². The van der Waals surface area contributed by atoms with Crippen molar-refractivity contribution in [3.8, 4) is 0 Å². The number of rotatable bonds is 11. The Bertz CT molecular complexity index is 1440. The molecule has 4 aliphatic carbocycles. The van der Waals surface area contributed by atoms with Gasteiger partial charge in [-0.2, -0.15) is 0 Å². The van der Waals surface area contributed by atoms with Crippen molar-refractivity contribution < 1.29 is 24.3 Å². The van der Waals surface area contributed by atoms with Crippen LogP contribution in [-0.2, 0) is 19.2 Å². The van der Waals surface area contributed by atoms with E-state index >= 15 is 0 Å². The highest BCUT2D eigenvalue weighted by Crippen LogP contribution is 2.48. The molecule has 8 fully saturated rings. The summed E-state index contributed by atoms with van der Waals surface area (Å²) in [4.78, 5) is 57.2. The van der Waals surface area contributed by atoms with E-state index in [1.807, 2.05) is 11.1 Å². The number of carbonyl (C=O) groups excluding carboxylic acids is 4. The molecule has 0 aromatic carbocycles. The molecule has 4 amide bonds. The van der Waals surface area contributed by atoms with Gasteiger partial charge in [0.05, 0.1) is 17.9 Å². The number of aliphatic hydroxyl groups is 1. The van der Waals surface area contributed by atoms with E-state index < -0.39 is 11.9 Å². The van der Waals surface area contributed by atoms with Crippen molar-refractivity contribution in [2.45, 2.75) is 154 Å². The fraction of sp³-hybridized carbons (Fsp3) is 0.867. The SMILES string of the molecule is CC/C(=C(\C1CCC(O)CC1)C1CCC(C2CNN(CCCN3CCN(C4CCC5C(=O)N(C6CCC(=O)NC6=O)C(=O)C5C4)CC3)C2)CC1)C1CCCCC1. The van der Waals surface area contributed by atoms with Crippen LogP contribution in [0, 0.1) is 41.4 Å². The number of amides is 4. The van der Waals surface area contributed by atoms with Crippen LogP contribution >= 0.6 is 0 Å². The number of aliphatic hydroxyl groups excluding tert-OH is 1. The molecular weight excluding hydrogens is 705 g/mol. The van der Waals surface area contributed by atoms with Gasteiger partial charge in [-0.15, -0.1) is 0 Å². The summed E-state index contributed by atoms with van der Waals surface area (Å²) in [6, 6.07) is -0.543. The maximum absolute atomic E-state index is 13.5. The van der Waals surface area contributed by atoms with Gasteiger partial charge in [0, 0.05) is 58.3 Å². The van der Waals surface area contributed by atoms with E-state index in [1.165, 1.54) is 88.5 Å². The highest BCUT2D eigenvalue weighted by Gasteiger charge is 2.54. The van der Waals surface area contributed by atoms with Gasteiger partial charge >= 0.3 is 0 Å². The number of piperidine rings is 1. The van der Waals surface area contributed by atoms with E-state index in [0.717, 1.165) is 95.2 Å². The number of imide groups is 2. The van der Waals surface area contributed by atoms with Crippen molar-refractivity contribution in [1.29, 1.82) is 0 Å². The van der Waals surface area contributed by atoms with Crippen molar-refractivity contribution in [2.75, 3.05) is 52.4 Å². The number of piperazine rings is 1. The number of hydrazine groups is 1. The molecule has 312 valence electrons. The predicted molar refractivity (Wildman–Crippen MR) is 216 cm³/mol. The first-order valence-corrected chi connectivity index (χ1v) is 23.3. The molecule has 4 aliphatic heterocycles. The molecule has 8 rings (SSSR count). The number of carbonyl (C=O) groups is 4. The number of nitrogens with one attached hydrogen (secondary N) is 2. The molecule has 4 saturated heterocycles. The zero-order chi connectivity index (χ0) is 38.8. The zero-order valence-electron chi connectivity index (χ0n) is 34.4. The Hall–Kier alpha value is -2.18. The van der Waals surface area contributed by atoms with Gasteiger partial charge in [0.2, 0.25) is 23.6 Å². The van der Waals surface area contributed by atoms with Crippen LogP contribution in [0.1, 0.15) is 135 Å². The molecule has 3 N–H and O–H groups in total. The van der Waals surface area contributed by atoms with Crippen molar-refractivity contribution in [1.82, 2.24) is 30.5 Å². The van der Waals surface area contributed by atoms with Crippen molar-refractivity contribution in [2.24, 2.45) is 41.4 Å². The third-order valence-electron chi connectivity index (χ3n) is 16.2. The summed E-state index contributed by atoms with van der Waals surface area (Å²) in [5.41, 5.74) is 7.53. The van der Waals surface area contributed by atoms with Crippen LogP contribution in [0.3, 0.4) is 0 Å². The number of allylic oxidation sites excluding steroid dienone is 2. The smallest absolute Gasteiger partial charge is 0.249 e. The minimum Gasteiger partial charge on any atom is -0.393 e. The Morgan fingerprint density at radius 2 is 1.41 bits per heavy atom. The molecule has 4 saturated carbocycles. The van der Waals surface area contributed by atoms with Gasteiger partial charge in [0.1, 0.15) is 6.04 Å². The zero-order valence-corrected chi connectivity index (χ0v) is 34.4. The number of likely N-dealkylation sites (tertiary alicyclic amines) is 1. The lowest BCUT2D eigenvalue weighted by atomic mass is 9.66. The molecule has 5 unspecified atom stereocenters. The molecule has 11 nitrogen and oxygen atoms in total. The molecule has 8 aliphatic rings. The summed E-state index contributed by atoms with van der Waals surface area (Å²) in [5, 5.41) is 15.2. The van der Waals surface area contributed by atoms with Crippen LogP contribution in [0.4, 0.5) is 0 Å². The Balaban J connectivity index is 0.754. The summed E-state index contributed by atoms with van der Waals surface area (Å²) < 4.78 is 0. The minimum absolute atomic E-state index is 0.0777. The molecule has 5 atom stereocenters. The second-order valence-corrected chi connectivity index (χ2v) is 19.3. The largest absolute Gasteiger partial charge is 0.393 e. The average Bonchev–Trinajstić information content (AvgIpc) is 3.79. The molecule has 0 spiro atoms. The number of hydrogen-bond donors (Lipinski definition) is 3. The van der Waals surface area contributed by atoms with E-state index in [-0.39, 0.29) is 48.5 Å². The van der Waals surface area contributed by atoms with E-state index in [2.05, 4.69) is 32.5 Å². The normalized spacial score (nSPS) is 37.8. The average molecular weight is 777 g/mol. The van der Waals surface area contributed by atoms with Gasteiger partial charge in [-0.3, -0.25) is 39.7 Å². The predicted octanol–water partition coefficient (Wildman–Crippen LogP) is 5.03. The first-order chi connectivity index (χ1) is 27.3. The second kappa shape index (κ2) is 18.4. The summed E-state index contributed by atoms with van der Waals surface area (Å²) in [5.74, 6) is 1.97. The highest BCUT2D eigenvalue weighted by molar-refractivity contribution is 6.10. The minimum atomic E-state index is -0.841. The first kappa shape index (κ1) is 40.6. The molecular formula is C45H72N6O5. The van der Waals surface area contributed by atoms with Crippen LogP contribution in [0.5, 0.6) is 0 Å². The third kappa shape index (κ3) is 8.87. The van der Waals surface area contributed by atoms with Gasteiger partial charge in [-0.05, 0) is 139 Å². The quantitative estimate of drug-likeness (QED) is 0.196. The standard InChI is InChI=1S/C45H72N6O5/c1-2-37(31-7-4-3-5-8-31)42(33-13-16-36(52)17-14-33)32-11-9-30(10-12-32)34-28-46-50(29-34)22-6-21-48-23-25-49(26-24-48)35-15-18-38-39(27-35)45(56)51(44(38)55)40-19-20-41(53)47-43(40)54/h30-36,38-40,46,52H,2-29H2,1H3,(H,47,53,54)/b42-37+.